The van der Waals surface area contributed by atoms with Crippen LogP contribution in [-0.4, -0.2) is 12.1 Å². The van der Waals surface area contributed by atoms with Crippen molar-refractivity contribution in [2.75, 3.05) is 0 Å². The first-order valence-electron chi connectivity index (χ1n) is 12.2. The van der Waals surface area contributed by atoms with Gasteiger partial charge in [0.15, 0.2) is 0 Å². The lowest BCUT2D eigenvalue weighted by Gasteiger charge is -2.42. The van der Waals surface area contributed by atoms with Gasteiger partial charge in [0.25, 0.3) is 0 Å². The monoisotopic (exact) mass is 360 g/mol. The van der Waals surface area contributed by atoms with E-state index in [-0.39, 0.29) is 0 Å². The smallest absolute Gasteiger partial charge is 0.00390 e. The van der Waals surface area contributed by atoms with Crippen LogP contribution in [-0.2, 0) is 0 Å². The van der Waals surface area contributed by atoms with E-state index in [1.54, 1.807) is 25.7 Å². The van der Waals surface area contributed by atoms with Crippen LogP contribution in [0.5, 0.6) is 0 Å². The highest BCUT2D eigenvalue weighted by atomic mass is 14.6. The van der Waals surface area contributed by atoms with E-state index in [0.717, 1.165) is 35.5 Å². The zero-order chi connectivity index (χ0) is 17.9. The molecule has 0 radical (unpaired) electrons. The second-order valence-corrected chi connectivity index (χ2v) is 10.7. The average Bonchev–Trinajstić information content (AvgIpc) is 2.70. The van der Waals surface area contributed by atoms with Crippen molar-refractivity contribution >= 4 is 0 Å². The van der Waals surface area contributed by atoms with Crippen molar-refractivity contribution in [3.05, 3.63) is 0 Å². The fraction of sp³-hybridized carbons (Fsp3) is 1.00. The second-order valence-electron chi connectivity index (χ2n) is 10.7. The Morgan fingerprint density at radius 1 is 0.269 bits per heavy atom. The Balaban J connectivity index is 1.18. The molecule has 0 spiro atoms. The van der Waals surface area contributed by atoms with Gasteiger partial charge in [0, 0.05) is 12.1 Å². The Labute approximate surface area is 162 Å². The SMILES string of the molecule is NC1CCC(C2CCC(C3CCC(C4CCC(N)CC4)CC3)CC2)CC1. The van der Waals surface area contributed by atoms with Crippen LogP contribution in [0.4, 0.5) is 0 Å². The van der Waals surface area contributed by atoms with E-state index in [0.29, 0.717) is 12.1 Å². The third-order valence-corrected chi connectivity index (χ3v) is 9.27. The Morgan fingerprint density at radius 3 is 0.615 bits per heavy atom. The van der Waals surface area contributed by atoms with Gasteiger partial charge in [-0.05, 0) is 138 Å². The number of rotatable bonds is 3. The molecule has 2 heteroatoms. The van der Waals surface area contributed by atoms with Crippen molar-refractivity contribution < 1.29 is 0 Å². The fourth-order valence-corrected chi connectivity index (χ4v) is 7.41. The molecule has 4 saturated carbocycles. The Bertz CT molecular complexity index is 364. The second kappa shape index (κ2) is 8.95. The molecule has 0 aromatic heterocycles. The number of hydrogen-bond donors (Lipinski definition) is 2. The number of nitrogens with two attached hydrogens (primary N) is 2. The zero-order valence-electron chi connectivity index (χ0n) is 17.1. The van der Waals surface area contributed by atoms with E-state index in [2.05, 4.69) is 0 Å². The van der Waals surface area contributed by atoms with Gasteiger partial charge in [0.05, 0.1) is 0 Å². The van der Waals surface area contributed by atoms with Crippen LogP contribution in [0, 0.1) is 35.5 Å². The molecule has 4 aliphatic carbocycles. The van der Waals surface area contributed by atoms with Gasteiger partial charge in [-0.25, -0.2) is 0 Å². The van der Waals surface area contributed by atoms with Crippen molar-refractivity contribution in [3.8, 4) is 0 Å². The summed E-state index contributed by atoms with van der Waals surface area (Å²) in [5, 5.41) is 0. The highest BCUT2D eigenvalue weighted by molar-refractivity contribution is 4.88. The molecule has 4 N–H and O–H groups in total. The van der Waals surface area contributed by atoms with Gasteiger partial charge in [-0.2, -0.15) is 0 Å². The Kier molecular flexibility index (Phi) is 6.62. The van der Waals surface area contributed by atoms with Crippen LogP contribution >= 0.6 is 0 Å². The van der Waals surface area contributed by atoms with Crippen LogP contribution in [0.2, 0.25) is 0 Å². The molecule has 0 saturated heterocycles. The maximum atomic E-state index is 6.11. The van der Waals surface area contributed by atoms with Gasteiger partial charge in [0.2, 0.25) is 0 Å². The third-order valence-electron chi connectivity index (χ3n) is 9.27. The lowest BCUT2D eigenvalue weighted by Crippen LogP contribution is -2.34. The van der Waals surface area contributed by atoms with Crippen molar-refractivity contribution in [1.29, 1.82) is 0 Å². The topological polar surface area (TPSA) is 52.0 Å². The van der Waals surface area contributed by atoms with E-state index in [1.807, 2.05) is 0 Å². The first kappa shape index (κ1) is 19.2. The quantitative estimate of drug-likeness (QED) is 0.685. The molecular weight excluding hydrogens is 316 g/mol. The van der Waals surface area contributed by atoms with E-state index >= 15 is 0 Å². The molecule has 0 atom stereocenters. The van der Waals surface area contributed by atoms with Gasteiger partial charge in [-0.3, -0.25) is 0 Å². The first-order chi connectivity index (χ1) is 12.7. The van der Waals surface area contributed by atoms with Crippen LogP contribution in [0.25, 0.3) is 0 Å². The highest BCUT2D eigenvalue weighted by Crippen LogP contribution is 2.47. The molecule has 0 amide bonds. The summed E-state index contributed by atoms with van der Waals surface area (Å²) in [6, 6.07) is 1.02. The zero-order valence-corrected chi connectivity index (χ0v) is 17.1. The van der Waals surface area contributed by atoms with E-state index < -0.39 is 0 Å². The summed E-state index contributed by atoms with van der Waals surface area (Å²) in [7, 11) is 0. The van der Waals surface area contributed by atoms with Crippen molar-refractivity contribution in [3.63, 3.8) is 0 Å². The molecule has 2 nitrogen and oxygen atoms in total. The molecular formula is C24H44N2. The summed E-state index contributed by atoms with van der Waals surface area (Å²) in [5.41, 5.74) is 12.2. The third kappa shape index (κ3) is 4.66. The molecule has 26 heavy (non-hydrogen) atoms. The maximum absolute atomic E-state index is 6.11. The van der Waals surface area contributed by atoms with Crippen LogP contribution in [0.1, 0.15) is 103 Å². The lowest BCUT2D eigenvalue weighted by molar-refractivity contribution is 0.0920. The highest BCUT2D eigenvalue weighted by Gasteiger charge is 2.36. The van der Waals surface area contributed by atoms with Gasteiger partial charge in [-0.15, -0.1) is 0 Å². The van der Waals surface area contributed by atoms with Gasteiger partial charge >= 0.3 is 0 Å². The molecule has 0 aromatic rings. The fourth-order valence-electron chi connectivity index (χ4n) is 7.41. The minimum Gasteiger partial charge on any atom is -0.328 e. The molecule has 0 bridgehead atoms. The summed E-state index contributed by atoms with van der Waals surface area (Å²) in [4.78, 5) is 0. The van der Waals surface area contributed by atoms with E-state index in [4.69, 9.17) is 11.5 Å². The Hall–Kier alpha value is -0.0800. The summed E-state index contributed by atoms with van der Waals surface area (Å²) in [5.74, 6) is 6.26. The van der Waals surface area contributed by atoms with E-state index in [1.165, 1.54) is 77.0 Å². The van der Waals surface area contributed by atoms with Gasteiger partial charge < -0.3 is 11.5 Å². The van der Waals surface area contributed by atoms with Crippen LogP contribution in [0.3, 0.4) is 0 Å². The molecule has 150 valence electrons. The Morgan fingerprint density at radius 2 is 0.423 bits per heavy atom. The minimum absolute atomic E-state index is 0.512. The lowest BCUT2D eigenvalue weighted by atomic mass is 9.63. The van der Waals surface area contributed by atoms with Crippen molar-refractivity contribution in [2.24, 2.45) is 47.0 Å². The first-order valence-corrected chi connectivity index (χ1v) is 12.2. The molecule has 0 heterocycles. The van der Waals surface area contributed by atoms with Crippen molar-refractivity contribution in [2.45, 2.75) is 115 Å². The molecule has 4 rings (SSSR count). The van der Waals surface area contributed by atoms with E-state index in [9.17, 15) is 0 Å². The van der Waals surface area contributed by atoms with Crippen molar-refractivity contribution in [1.82, 2.24) is 0 Å². The summed E-state index contributed by atoms with van der Waals surface area (Å²) in [6.45, 7) is 0. The van der Waals surface area contributed by atoms with Crippen LogP contribution in [0.15, 0.2) is 0 Å². The molecule has 0 aliphatic heterocycles. The number of hydrogen-bond acceptors (Lipinski definition) is 2. The molecule has 0 aromatic carbocycles. The summed E-state index contributed by atoms with van der Waals surface area (Å²) >= 11 is 0. The normalized spacial score (nSPS) is 48.2. The molecule has 0 unspecified atom stereocenters. The predicted octanol–water partition coefficient (Wildman–Crippen LogP) is 5.63. The largest absolute Gasteiger partial charge is 0.328 e. The minimum atomic E-state index is 0.512. The standard InChI is InChI=1S/C24H44N2/c25-23-13-9-21(10-14-23)19-5-1-17(2-6-19)18-3-7-20(8-4-18)22-11-15-24(26)16-12-22/h17-24H,1-16,25-26H2. The predicted molar refractivity (Wildman–Crippen MR) is 111 cm³/mol. The van der Waals surface area contributed by atoms with Crippen LogP contribution < -0.4 is 11.5 Å². The molecule has 4 fully saturated rings. The summed E-state index contributed by atoms with van der Waals surface area (Å²) < 4.78 is 0. The van der Waals surface area contributed by atoms with Gasteiger partial charge in [0.1, 0.15) is 0 Å². The molecule has 4 aliphatic rings. The maximum Gasteiger partial charge on any atom is 0.00390 e. The average molecular weight is 361 g/mol. The summed E-state index contributed by atoms with van der Waals surface area (Å²) in [6.07, 6.45) is 23.2. The van der Waals surface area contributed by atoms with Gasteiger partial charge in [-0.1, -0.05) is 0 Å².